The lowest BCUT2D eigenvalue weighted by Crippen LogP contribution is -2.41. The van der Waals surface area contributed by atoms with Crippen LogP contribution in [0.15, 0.2) is 21.3 Å². The standard InChI is InChI=1S/C14H21N3OS/c1-5-15-11(14(2,3)4)8-12-16-13(17-18-12)10-6-7-19-9-10/h6-7,9,11,15H,5,8H2,1-4H3. The number of hydrogen-bond acceptors (Lipinski definition) is 5. The number of aromatic nitrogens is 2. The summed E-state index contributed by atoms with van der Waals surface area (Å²) in [6.45, 7) is 9.71. The third-order valence-electron chi connectivity index (χ3n) is 3.12. The zero-order chi connectivity index (χ0) is 13.9. The number of thiophene rings is 1. The van der Waals surface area contributed by atoms with Crippen LogP contribution in [0.3, 0.4) is 0 Å². The molecule has 0 radical (unpaired) electrons. The lowest BCUT2D eigenvalue weighted by Gasteiger charge is -2.30. The van der Waals surface area contributed by atoms with Gasteiger partial charge in [-0.3, -0.25) is 0 Å². The topological polar surface area (TPSA) is 51.0 Å². The van der Waals surface area contributed by atoms with Crippen molar-refractivity contribution in [2.45, 2.75) is 40.2 Å². The van der Waals surface area contributed by atoms with Gasteiger partial charge >= 0.3 is 0 Å². The molecule has 0 aromatic carbocycles. The average molecular weight is 279 g/mol. The van der Waals surface area contributed by atoms with E-state index in [1.54, 1.807) is 11.3 Å². The Morgan fingerprint density at radius 3 is 2.79 bits per heavy atom. The minimum absolute atomic E-state index is 0.160. The smallest absolute Gasteiger partial charge is 0.228 e. The van der Waals surface area contributed by atoms with Crippen LogP contribution < -0.4 is 5.32 Å². The molecule has 1 N–H and O–H groups in total. The zero-order valence-electron chi connectivity index (χ0n) is 11.9. The predicted molar refractivity (Wildman–Crippen MR) is 78.2 cm³/mol. The number of likely N-dealkylation sites (N-methyl/N-ethyl adjacent to an activating group) is 1. The normalized spacial score (nSPS) is 13.7. The SMILES string of the molecule is CCNC(Cc1nc(-c2ccsc2)no1)C(C)(C)C. The van der Waals surface area contributed by atoms with E-state index in [1.807, 2.05) is 16.8 Å². The van der Waals surface area contributed by atoms with Crippen molar-refractivity contribution in [3.05, 3.63) is 22.7 Å². The molecule has 0 aliphatic heterocycles. The van der Waals surface area contributed by atoms with E-state index in [-0.39, 0.29) is 5.41 Å². The molecule has 5 heteroatoms. The first-order chi connectivity index (χ1) is 9.00. The molecule has 2 aromatic heterocycles. The summed E-state index contributed by atoms with van der Waals surface area (Å²) in [5.74, 6) is 1.38. The summed E-state index contributed by atoms with van der Waals surface area (Å²) in [4.78, 5) is 4.48. The Kier molecular flexibility index (Phi) is 4.37. The third kappa shape index (κ3) is 3.64. The zero-order valence-corrected chi connectivity index (χ0v) is 12.8. The fraction of sp³-hybridized carbons (Fsp3) is 0.571. The fourth-order valence-corrected chi connectivity index (χ4v) is 2.59. The molecule has 0 fully saturated rings. The second-order valence-corrected chi connectivity index (χ2v) is 6.48. The summed E-state index contributed by atoms with van der Waals surface area (Å²) >= 11 is 1.64. The number of nitrogens with zero attached hydrogens (tertiary/aromatic N) is 2. The second-order valence-electron chi connectivity index (χ2n) is 5.70. The molecule has 2 heterocycles. The van der Waals surface area contributed by atoms with E-state index in [9.17, 15) is 0 Å². The summed E-state index contributed by atoms with van der Waals surface area (Å²) in [5.41, 5.74) is 1.18. The van der Waals surface area contributed by atoms with Crippen molar-refractivity contribution in [2.75, 3.05) is 6.54 Å². The van der Waals surface area contributed by atoms with Crippen molar-refractivity contribution >= 4 is 11.3 Å². The van der Waals surface area contributed by atoms with Gasteiger partial charge in [0, 0.05) is 23.4 Å². The van der Waals surface area contributed by atoms with Crippen LogP contribution in [0, 0.1) is 5.41 Å². The van der Waals surface area contributed by atoms with Crippen molar-refractivity contribution in [2.24, 2.45) is 5.41 Å². The highest BCUT2D eigenvalue weighted by molar-refractivity contribution is 7.08. The third-order valence-corrected chi connectivity index (χ3v) is 3.81. The lowest BCUT2D eigenvalue weighted by molar-refractivity contribution is 0.247. The van der Waals surface area contributed by atoms with Gasteiger partial charge in [0.25, 0.3) is 0 Å². The maximum absolute atomic E-state index is 5.36. The first-order valence-electron chi connectivity index (χ1n) is 6.59. The summed E-state index contributed by atoms with van der Waals surface area (Å²) < 4.78 is 5.36. The molecular weight excluding hydrogens is 258 g/mol. The maximum Gasteiger partial charge on any atom is 0.228 e. The van der Waals surface area contributed by atoms with Gasteiger partial charge in [0.05, 0.1) is 0 Å². The molecule has 2 aromatic rings. The van der Waals surface area contributed by atoms with Crippen LogP contribution in [-0.4, -0.2) is 22.7 Å². The molecule has 0 saturated carbocycles. The van der Waals surface area contributed by atoms with E-state index in [4.69, 9.17) is 4.52 Å². The Morgan fingerprint density at radius 1 is 1.42 bits per heavy atom. The van der Waals surface area contributed by atoms with Crippen LogP contribution >= 0.6 is 11.3 Å². The molecule has 2 rings (SSSR count). The molecule has 0 spiro atoms. The first-order valence-corrected chi connectivity index (χ1v) is 7.53. The van der Waals surface area contributed by atoms with Crippen molar-refractivity contribution in [3.63, 3.8) is 0 Å². The molecule has 1 atom stereocenters. The largest absolute Gasteiger partial charge is 0.339 e. The van der Waals surface area contributed by atoms with Crippen molar-refractivity contribution in [1.82, 2.24) is 15.5 Å². The van der Waals surface area contributed by atoms with Crippen LogP contribution in [-0.2, 0) is 6.42 Å². The van der Waals surface area contributed by atoms with Crippen LogP contribution in [0.4, 0.5) is 0 Å². The first kappa shape index (κ1) is 14.2. The Morgan fingerprint density at radius 2 is 2.21 bits per heavy atom. The van der Waals surface area contributed by atoms with Gasteiger partial charge in [-0.2, -0.15) is 16.3 Å². The van der Waals surface area contributed by atoms with Crippen molar-refractivity contribution < 1.29 is 4.52 Å². The minimum atomic E-state index is 0.160. The molecule has 0 saturated heterocycles. The Balaban J connectivity index is 2.10. The van der Waals surface area contributed by atoms with Gasteiger partial charge in [0.15, 0.2) is 0 Å². The Bertz CT molecular complexity index is 499. The minimum Gasteiger partial charge on any atom is -0.339 e. The van der Waals surface area contributed by atoms with Crippen LogP contribution in [0.1, 0.15) is 33.6 Å². The average Bonchev–Trinajstić information content (AvgIpc) is 2.97. The van der Waals surface area contributed by atoms with Gasteiger partial charge in [-0.15, -0.1) is 0 Å². The van der Waals surface area contributed by atoms with Crippen LogP contribution in [0.2, 0.25) is 0 Å². The lowest BCUT2D eigenvalue weighted by atomic mass is 9.84. The summed E-state index contributed by atoms with van der Waals surface area (Å²) in [7, 11) is 0. The number of rotatable bonds is 5. The highest BCUT2D eigenvalue weighted by atomic mass is 32.1. The maximum atomic E-state index is 5.36. The van der Waals surface area contributed by atoms with E-state index in [0.29, 0.717) is 17.8 Å². The van der Waals surface area contributed by atoms with Crippen molar-refractivity contribution in [1.29, 1.82) is 0 Å². The Labute approximate surface area is 118 Å². The van der Waals surface area contributed by atoms with Gasteiger partial charge in [-0.05, 0) is 23.4 Å². The van der Waals surface area contributed by atoms with Crippen LogP contribution in [0.25, 0.3) is 11.4 Å². The summed E-state index contributed by atoms with van der Waals surface area (Å²) in [5, 5.41) is 11.6. The van der Waals surface area contributed by atoms with E-state index >= 15 is 0 Å². The van der Waals surface area contributed by atoms with E-state index in [2.05, 4.69) is 43.2 Å². The van der Waals surface area contributed by atoms with E-state index < -0.39 is 0 Å². The highest BCUT2D eigenvalue weighted by Gasteiger charge is 2.26. The molecule has 0 amide bonds. The highest BCUT2D eigenvalue weighted by Crippen LogP contribution is 2.24. The molecule has 0 aliphatic rings. The quantitative estimate of drug-likeness (QED) is 0.911. The summed E-state index contributed by atoms with van der Waals surface area (Å²) in [6, 6.07) is 2.33. The van der Waals surface area contributed by atoms with Crippen LogP contribution in [0.5, 0.6) is 0 Å². The van der Waals surface area contributed by atoms with Gasteiger partial charge in [0.1, 0.15) is 0 Å². The number of hydrogen-bond donors (Lipinski definition) is 1. The van der Waals surface area contributed by atoms with Gasteiger partial charge in [-0.1, -0.05) is 32.9 Å². The van der Waals surface area contributed by atoms with E-state index in [1.165, 1.54) is 0 Å². The number of nitrogens with one attached hydrogen (secondary N) is 1. The molecule has 104 valence electrons. The monoisotopic (exact) mass is 279 g/mol. The second kappa shape index (κ2) is 5.84. The van der Waals surface area contributed by atoms with Gasteiger partial charge in [-0.25, -0.2) is 0 Å². The van der Waals surface area contributed by atoms with Gasteiger partial charge < -0.3 is 9.84 Å². The molecule has 19 heavy (non-hydrogen) atoms. The van der Waals surface area contributed by atoms with Gasteiger partial charge in [0.2, 0.25) is 11.7 Å². The molecule has 0 aliphatic carbocycles. The predicted octanol–water partition coefficient (Wildman–Crippen LogP) is 3.36. The molecule has 4 nitrogen and oxygen atoms in total. The Hall–Kier alpha value is -1.20. The molecule has 1 unspecified atom stereocenters. The summed E-state index contributed by atoms with van der Waals surface area (Å²) in [6.07, 6.45) is 0.758. The molecule has 0 bridgehead atoms. The molecular formula is C14H21N3OS. The van der Waals surface area contributed by atoms with E-state index in [0.717, 1.165) is 18.5 Å². The fourth-order valence-electron chi connectivity index (χ4n) is 1.95. The van der Waals surface area contributed by atoms with Crippen molar-refractivity contribution in [3.8, 4) is 11.4 Å².